The van der Waals surface area contributed by atoms with Gasteiger partial charge in [0.15, 0.2) is 6.29 Å². The van der Waals surface area contributed by atoms with Crippen molar-refractivity contribution in [2.24, 2.45) is 5.92 Å². The second-order valence-electron chi connectivity index (χ2n) is 4.53. The highest BCUT2D eigenvalue weighted by Gasteiger charge is 2.41. The Morgan fingerprint density at radius 2 is 1.93 bits per heavy atom. The standard InChI is InChI=1S/C13H16O2/c1-8-12-7-10-5-3-4-6-11(10)13(12)15-9(2)14-8/h3-6,8-9,12-13H,7H2,1-2H3/t8-,9-,12-,13-/m1/s1. The zero-order chi connectivity index (χ0) is 10.4. The van der Waals surface area contributed by atoms with E-state index in [1.807, 2.05) is 6.92 Å². The third-order valence-corrected chi connectivity index (χ3v) is 3.55. The van der Waals surface area contributed by atoms with Crippen LogP contribution in [0.2, 0.25) is 0 Å². The summed E-state index contributed by atoms with van der Waals surface area (Å²) >= 11 is 0. The molecule has 1 saturated heterocycles. The van der Waals surface area contributed by atoms with Crippen molar-refractivity contribution in [3.63, 3.8) is 0 Å². The van der Waals surface area contributed by atoms with Crippen molar-refractivity contribution in [1.82, 2.24) is 0 Å². The Balaban J connectivity index is 1.98. The molecule has 1 fully saturated rings. The summed E-state index contributed by atoms with van der Waals surface area (Å²) in [5.41, 5.74) is 2.79. The van der Waals surface area contributed by atoms with Crippen LogP contribution in [0.4, 0.5) is 0 Å². The van der Waals surface area contributed by atoms with Crippen molar-refractivity contribution in [1.29, 1.82) is 0 Å². The summed E-state index contributed by atoms with van der Waals surface area (Å²) in [4.78, 5) is 0. The van der Waals surface area contributed by atoms with Crippen molar-refractivity contribution in [3.05, 3.63) is 35.4 Å². The predicted octanol–water partition coefficient (Wildman–Crippen LogP) is 2.68. The van der Waals surface area contributed by atoms with E-state index in [1.165, 1.54) is 11.1 Å². The Morgan fingerprint density at radius 1 is 1.13 bits per heavy atom. The summed E-state index contributed by atoms with van der Waals surface area (Å²) in [7, 11) is 0. The summed E-state index contributed by atoms with van der Waals surface area (Å²) in [6.45, 7) is 4.14. The molecule has 0 N–H and O–H groups in total. The lowest BCUT2D eigenvalue weighted by molar-refractivity contribution is -0.254. The summed E-state index contributed by atoms with van der Waals surface area (Å²) < 4.78 is 11.6. The van der Waals surface area contributed by atoms with Gasteiger partial charge < -0.3 is 9.47 Å². The largest absolute Gasteiger partial charge is 0.350 e. The Morgan fingerprint density at radius 3 is 2.80 bits per heavy atom. The molecule has 0 bridgehead atoms. The first-order chi connectivity index (χ1) is 7.25. The van der Waals surface area contributed by atoms with Gasteiger partial charge in [-0.25, -0.2) is 0 Å². The van der Waals surface area contributed by atoms with Crippen LogP contribution >= 0.6 is 0 Å². The van der Waals surface area contributed by atoms with Gasteiger partial charge in [-0.1, -0.05) is 24.3 Å². The van der Waals surface area contributed by atoms with Crippen LogP contribution in [-0.2, 0) is 15.9 Å². The van der Waals surface area contributed by atoms with E-state index in [4.69, 9.17) is 9.47 Å². The predicted molar refractivity (Wildman–Crippen MR) is 57.5 cm³/mol. The molecular weight excluding hydrogens is 188 g/mol. The highest BCUT2D eigenvalue weighted by Crippen LogP contribution is 2.44. The van der Waals surface area contributed by atoms with Gasteiger partial charge in [0.05, 0.1) is 12.2 Å². The van der Waals surface area contributed by atoms with E-state index in [9.17, 15) is 0 Å². The van der Waals surface area contributed by atoms with Crippen molar-refractivity contribution < 1.29 is 9.47 Å². The molecule has 1 aliphatic carbocycles. The zero-order valence-corrected chi connectivity index (χ0v) is 9.14. The van der Waals surface area contributed by atoms with Crippen LogP contribution in [0.25, 0.3) is 0 Å². The second-order valence-corrected chi connectivity index (χ2v) is 4.53. The molecule has 1 heterocycles. The maximum absolute atomic E-state index is 5.88. The van der Waals surface area contributed by atoms with Crippen LogP contribution in [-0.4, -0.2) is 12.4 Å². The van der Waals surface area contributed by atoms with Crippen molar-refractivity contribution in [3.8, 4) is 0 Å². The molecule has 1 aliphatic heterocycles. The van der Waals surface area contributed by atoms with Crippen molar-refractivity contribution in [2.45, 2.75) is 38.8 Å². The second kappa shape index (κ2) is 3.32. The molecule has 15 heavy (non-hydrogen) atoms. The summed E-state index contributed by atoms with van der Waals surface area (Å²) in [5, 5.41) is 0. The first-order valence-electron chi connectivity index (χ1n) is 5.64. The number of fused-ring (bicyclic) bond motifs is 3. The van der Waals surface area contributed by atoms with Crippen molar-refractivity contribution >= 4 is 0 Å². The molecule has 80 valence electrons. The Bertz CT molecular complexity index is 375. The molecule has 3 rings (SSSR count). The first kappa shape index (κ1) is 9.37. The highest BCUT2D eigenvalue weighted by atomic mass is 16.7. The molecule has 0 saturated carbocycles. The topological polar surface area (TPSA) is 18.5 Å². The van der Waals surface area contributed by atoms with Crippen LogP contribution in [0.5, 0.6) is 0 Å². The summed E-state index contributed by atoms with van der Waals surface area (Å²) in [6, 6.07) is 8.58. The quantitative estimate of drug-likeness (QED) is 0.647. The monoisotopic (exact) mass is 204 g/mol. The number of ether oxygens (including phenoxy) is 2. The maximum atomic E-state index is 5.88. The van der Waals surface area contributed by atoms with Gasteiger partial charge in [0.1, 0.15) is 0 Å². The molecule has 0 amide bonds. The fourth-order valence-electron chi connectivity index (χ4n) is 2.82. The van der Waals surface area contributed by atoms with E-state index in [0.29, 0.717) is 12.0 Å². The lowest BCUT2D eigenvalue weighted by Gasteiger charge is -2.36. The number of hydrogen-bond donors (Lipinski definition) is 0. The average molecular weight is 204 g/mol. The van der Waals surface area contributed by atoms with Crippen LogP contribution in [0.1, 0.15) is 31.1 Å². The summed E-state index contributed by atoms with van der Waals surface area (Å²) in [6.07, 6.45) is 1.56. The van der Waals surface area contributed by atoms with Crippen LogP contribution in [0.3, 0.4) is 0 Å². The van der Waals surface area contributed by atoms with Crippen LogP contribution < -0.4 is 0 Å². The van der Waals surface area contributed by atoms with E-state index in [-0.39, 0.29) is 12.4 Å². The third-order valence-electron chi connectivity index (χ3n) is 3.55. The van der Waals surface area contributed by atoms with Gasteiger partial charge >= 0.3 is 0 Å². The van der Waals surface area contributed by atoms with Crippen LogP contribution in [0, 0.1) is 5.92 Å². The highest BCUT2D eigenvalue weighted by molar-refractivity contribution is 5.35. The SMILES string of the molecule is C[C@H]1O[C@@H]2c3ccccc3C[C@@H]2[C@@H](C)O1. The normalized spacial score (nSPS) is 38.5. The molecule has 1 aromatic rings. The smallest absolute Gasteiger partial charge is 0.156 e. The van der Waals surface area contributed by atoms with Gasteiger partial charge in [0.25, 0.3) is 0 Å². The van der Waals surface area contributed by atoms with Crippen molar-refractivity contribution in [2.75, 3.05) is 0 Å². The fourth-order valence-corrected chi connectivity index (χ4v) is 2.82. The molecule has 1 aromatic carbocycles. The molecule has 2 nitrogen and oxygen atoms in total. The Hall–Kier alpha value is -0.860. The van der Waals surface area contributed by atoms with E-state index >= 15 is 0 Å². The number of rotatable bonds is 0. The number of benzene rings is 1. The third kappa shape index (κ3) is 1.40. The van der Waals surface area contributed by atoms with Gasteiger partial charge in [0.2, 0.25) is 0 Å². The number of hydrogen-bond acceptors (Lipinski definition) is 2. The van der Waals surface area contributed by atoms with Gasteiger partial charge in [-0.3, -0.25) is 0 Å². The lowest BCUT2D eigenvalue weighted by atomic mass is 9.96. The summed E-state index contributed by atoms with van der Waals surface area (Å²) in [5.74, 6) is 0.499. The van der Waals surface area contributed by atoms with E-state index in [0.717, 1.165) is 6.42 Å². The molecule has 2 heteroatoms. The van der Waals surface area contributed by atoms with Gasteiger partial charge in [-0.15, -0.1) is 0 Å². The molecule has 0 spiro atoms. The fraction of sp³-hybridized carbons (Fsp3) is 0.538. The van der Waals surface area contributed by atoms with Crippen LogP contribution in [0.15, 0.2) is 24.3 Å². The Kier molecular flexibility index (Phi) is 2.08. The molecule has 0 unspecified atom stereocenters. The van der Waals surface area contributed by atoms with E-state index in [2.05, 4.69) is 31.2 Å². The minimum atomic E-state index is -0.0765. The minimum absolute atomic E-state index is 0.0765. The van der Waals surface area contributed by atoms with E-state index in [1.54, 1.807) is 0 Å². The Labute approximate surface area is 90.2 Å². The van der Waals surface area contributed by atoms with Gasteiger partial charge in [-0.2, -0.15) is 0 Å². The molecular formula is C13H16O2. The molecule has 2 aliphatic rings. The zero-order valence-electron chi connectivity index (χ0n) is 9.14. The van der Waals surface area contributed by atoms with E-state index < -0.39 is 0 Å². The lowest BCUT2D eigenvalue weighted by Crippen LogP contribution is -2.37. The minimum Gasteiger partial charge on any atom is -0.350 e. The maximum Gasteiger partial charge on any atom is 0.156 e. The molecule has 0 aromatic heterocycles. The first-order valence-corrected chi connectivity index (χ1v) is 5.64. The van der Waals surface area contributed by atoms with Gasteiger partial charge in [0, 0.05) is 5.92 Å². The van der Waals surface area contributed by atoms with Gasteiger partial charge in [-0.05, 0) is 31.4 Å². The molecule has 0 radical (unpaired) electrons. The molecule has 4 atom stereocenters. The average Bonchev–Trinajstić information content (AvgIpc) is 2.57.